The lowest BCUT2D eigenvalue weighted by atomic mass is 9.76. The fourth-order valence-corrected chi connectivity index (χ4v) is 7.70. The third-order valence-corrected chi connectivity index (χ3v) is 10.4. The van der Waals surface area contributed by atoms with Gasteiger partial charge >= 0.3 is 6.03 Å². The molecule has 1 fully saturated rings. The van der Waals surface area contributed by atoms with Gasteiger partial charge < -0.3 is 9.64 Å². The summed E-state index contributed by atoms with van der Waals surface area (Å²) < 4.78 is 6.93. The number of barbiturate groups is 1. The van der Waals surface area contributed by atoms with Crippen molar-refractivity contribution >= 4 is 51.2 Å². The minimum absolute atomic E-state index is 0.0970. The van der Waals surface area contributed by atoms with Gasteiger partial charge in [-0.05, 0) is 88.7 Å². The van der Waals surface area contributed by atoms with Crippen LogP contribution in [0.4, 0.5) is 16.2 Å². The molecule has 50 heavy (non-hydrogen) atoms. The molecule has 4 amide bonds. The lowest BCUT2D eigenvalue weighted by Gasteiger charge is -2.44. The molecule has 0 aliphatic carbocycles. The van der Waals surface area contributed by atoms with E-state index in [2.05, 4.69) is 74.7 Å². The van der Waals surface area contributed by atoms with Crippen LogP contribution in [0.3, 0.4) is 0 Å². The van der Waals surface area contributed by atoms with Gasteiger partial charge in [-0.1, -0.05) is 101 Å². The second-order valence-corrected chi connectivity index (χ2v) is 13.8. The lowest BCUT2D eigenvalue weighted by molar-refractivity contribution is -0.122. The van der Waals surface area contributed by atoms with Crippen molar-refractivity contribution in [3.63, 3.8) is 0 Å². The molecule has 5 aromatic rings. The summed E-state index contributed by atoms with van der Waals surface area (Å²) in [5.41, 5.74) is 7.79. The number of anilines is 2. The predicted octanol–water partition coefficient (Wildman–Crippen LogP) is 8.57. The maximum Gasteiger partial charge on any atom is 0.335 e. The van der Waals surface area contributed by atoms with Gasteiger partial charge in [0, 0.05) is 35.1 Å². The van der Waals surface area contributed by atoms with Crippen molar-refractivity contribution in [2.45, 2.75) is 31.3 Å². The van der Waals surface area contributed by atoms with E-state index in [1.165, 1.54) is 22.9 Å². The number of ether oxygens (including phenoxy) is 1. The Morgan fingerprint density at radius 2 is 1.32 bits per heavy atom. The number of amides is 4. The molecule has 0 unspecified atom stereocenters. The first-order valence-corrected chi connectivity index (χ1v) is 17.6. The summed E-state index contributed by atoms with van der Waals surface area (Å²) in [5, 5.41) is 2.43. The van der Waals surface area contributed by atoms with Gasteiger partial charge in [-0.15, -0.1) is 0 Å². The van der Waals surface area contributed by atoms with Gasteiger partial charge in [0.25, 0.3) is 11.8 Å². The van der Waals surface area contributed by atoms with Crippen molar-refractivity contribution in [3.8, 4) is 5.75 Å². The number of carbonyl (C=O) groups excluding carboxylic acids is 3. The van der Waals surface area contributed by atoms with Gasteiger partial charge in [-0.2, -0.15) is 0 Å². The molecule has 3 aliphatic rings. The lowest BCUT2D eigenvalue weighted by Crippen LogP contribution is -2.54. The number of urea groups is 1. The first kappa shape index (κ1) is 31.8. The zero-order valence-corrected chi connectivity index (χ0v) is 28.8. The van der Waals surface area contributed by atoms with Crippen LogP contribution in [0, 0.1) is 0 Å². The molecule has 0 spiro atoms. The second kappa shape index (κ2) is 13.4. The molecule has 0 bridgehead atoms. The van der Waals surface area contributed by atoms with Crippen LogP contribution >= 0.6 is 15.9 Å². The topological polar surface area (TPSA) is 79.0 Å². The van der Waals surface area contributed by atoms with Crippen molar-refractivity contribution in [1.82, 2.24) is 5.32 Å². The summed E-state index contributed by atoms with van der Waals surface area (Å²) in [6, 6.07) is 39.1. The number of benzene rings is 5. The average molecular weight is 725 g/mol. The number of rotatable bonds is 7. The minimum atomic E-state index is -0.753. The van der Waals surface area contributed by atoms with Crippen LogP contribution in [0.15, 0.2) is 131 Å². The zero-order valence-electron chi connectivity index (χ0n) is 27.2. The molecule has 1 saturated heterocycles. The molecule has 8 heteroatoms. The fourth-order valence-electron chi connectivity index (χ4n) is 7.43. The number of nitrogens with one attached hydrogen (secondary N) is 1. The molecule has 248 valence electrons. The summed E-state index contributed by atoms with van der Waals surface area (Å²) in [6.45, 7) is 2.26. The van der Waals surface area contributed by atoms with Crippen molar-refractivity contribution in [2.75, 3.05) is 22.9 Å². The number of imide groups is 2. The van der Waals surface area contributed by atoms with Crippen LogP contribution < -0.4 is 19.9 Å². The van der Waals surface area contributed by atoms with Crippen LogP contribution in [0.5, 0.6) is 5.75 Å². The number of hydrogen-bond donors (Lipinski definition) is 1. The Morgan fingerprint density at radius 1 is 0.740 bits per heavy atom. The Kier molecular flexibility index (Phi) is 8.54. The molecular formula is C42H34BrN3O4. The number of nitrogens with zero attached hydrogens (tertiary/aromatic N) is 2. The van der Waals surface area contributed by atoms with Gasteiger partial charge in [-0.25, -0.2) is 9.69 Å². The summed E-state index contributed by atoms with van der Waals surface area (Å²) in [6.07, 6.45) is 3.37. The van der Waals surface area contributed by atoms with Crippen molar-refractivity contribution < 1.29 is 19.1 Å². The average Bonchev–Trinajstić information content (AvgIpc) is 3.14. The van der Waals surface area contributed by atoms with Crippen LogP contribution in [0.25, 0.3) is 6.08 Å². The van der Waals surface area contributed by atoms with Crippen LogP contribution in [0.1, 0.15) is 58.1 Å². The molecular weight excluding hydrogens is 690 g/mol. The highest BCUT2D eigenvalue weighted by Crippen LogP contribution is 2.50. The molecule has 0 radical (unpaired) electrons. The van der Waals surface area contributed by atoms with E-state index in [9.17, 15) is 14.4 Å². The van der Waals surface area contributed by atoms with Gasteiger partial charge in [0.2, 0.25) is 0 Å². The highest BCUT2D eigenvalue weighted by atomic mass is 79.9. The Bertz CT molecular complexity index is 2040. The van der Waals surface area contributed by atoms with E-state index in [-0.39, 0.29) is 17.4 Å². The van der Waals surface area contributed by atoms with Gasteiger partial charge in [0.1, 0.15) is 17.9 Å². The normalized spacial score (nSPS) is 19.3. The molecule has 5 aromatic carbocycles. The van der Waals surface area contributed by atoms with Crippen LogP contribution in [-0.4, -0.2) is 30.9 Å². The largest absolute Gasteiger partial charge is 0.489 e. The quantitative estimate of drug-likeness (QED) is 0.135. The van der Waals surface area contributed by atoms with Crippen molar-refractivity contribution in [2.24, 2.45) is 0 Å². The van der Waals surface area contributed by atoms with Crippen molar-refractivity contribution in [1.29, 1.82) is 0 Å². The summed E-state index contributed by atoms with van der Waals surface area (Å²) in [4.78, 5) is 44.4. The smallest absolute Gasteiger partial charge is 0.335 e. The molecule has 3 aliphatic heterocycles. The van der Waals surface area contributed by atoms with E-state index in [4.69, 9.17) is 4.74 Å². The van der Waals surface area contributed by atoms with E-state index in [1.807, 2.05) is 48.5 Å². The molecule has 2 atom stereocenters. The van der Waals surface area contributed by atoms with Crippen LogP contribution in [-0.2, 0) is 16.2 Å². The first-order chi connectivity index (χ1) is 24.4. The molecule has 1 N–H and O–H groups in total. The third kappa shape index (κ3) is 6.11. The maximum atomic E-state index is 14.2. The van der Waals surface area contributed by atoms with E-state index in [0.29, 0.717) is 23.6 Å². The molecule has 3 heterocycles. The van der Waals surface area contributed by atoms with E-state index < -0.39 is 17.8 Å². The number of hydrogen-bond acceptors (Lipinski definition) is 5. The molecule has 0 saturated carbocycles. The van der Waals surface area contributed by atoms with E-state index in [1.54, 1.807) is 24.3 Å². The Hall–Kier alpha value is -5.47. The standard InChI is InChI=1S/C42H34BrN3O4/c43-31-15-11-28(12-16-31)26-50-33-17-13-27(14-18-33)23-38-40(47)44-42(49)46(41(38)48)32-24-36-34(29-7-3-1-4-8-29)19-21-45-22-20-35(37(25-32)39(36)45)30-9-5-2-6-10-30/h1-18,23-25,34-35H,19-22,26H2,(H,44,47,49)/b38-23+/t34-,35+. The monoisotopic (exact) mass is 723 g/mol. The molecule has 7 nitrogen and oxygen atoms in total. The molecule has 0 aromatic heterocycles. The molecule has 8 rings (SSSR count). The van der Waals surface area contributed by atoms with Crippen molar-refractivity contribution in [3.05, 3.63) is 165 Å². The van der Waals surface area contributed by atoms with E-state index >= 15 is 0 Å². The fraction of sp³-hybridized carbons (Fsp3) is 0.167. The number of halogens is 1. The SMILES string of the molecule is O=C1NC(=O)N(c2cc3c4c(c2)[C@H](c2ccccc2)CCN4CC[C@@H]3c2ccccc2)C(=O)/C1=C/c1ccc(OCc2ccc(Br)cc2)cc1. The van der Waals surface area contributed by atoms with Gasteiger partial charge in [0.05, 0.1) is 5.69 Å². The summed E-state index contributed by atoms with van der Waals surface area (Å²) in [5.74, 6) is -0.525. The maximum absolute atomic E-state index is 14.2. The first-order valence-electron chi connectivity index (χ1n) is 16.8. The summed E-state index contributed by atoms with van der Waals surface area (Å²) >= 11 is 3.44. The highest BCUT2D eigenvalue weighted by Gasteiger charge is 2.40. The second-order valence-electron chi connectivity index (χ2n) is 12.9. The highest BCUT2D eigenvalue weighted by molar-refractivity contribution is 9.10. The third-order valence-electron chi connectivity index (χ3n) is 9.87. The Balaban J connectivity index is 1.15. The van der Waals surface area contributed by atoms with Gasteiger partial charge in [-0.3, -0.25) is 14.9 Å². The Morgan fingerprint density at radius 3 is 1.90 bits per heavy atom. The van der Waals surface area contributed by atoms with Crippen LogP contribution in [0.2, 0.25) is 0 Å². The predicted molar refractivity (Wildman–Crippen MR) is 198 cm³/mol. The Labute approximate surface area is 299 Å². The van der Waals surface area contributed by atoms with Gasteiger partial charge in [0.15, 0.2) is 0 Å². The summed E-state index contributed by atoms with van der Waals surface area (Å²) in [7, 11) is 0. The number of carbonyl (C=O) groups is 3. The minimum Gasteiger partial charge on any atom is -0.489 e. The van der Waals surface area contributed by atoms with E-state index in [0.717, 1.165) is 52.0 Å². The zero-order chi connectivity index (χ0) is 34.2.